The predicted octanol–water partition coefficient (Wildman–Crippen LogP) is 6.86. The van der Waals surface area contributed by atoms with Gasteiger partial charge in [0.25, 0.3) is 0 Å². The van der Waals surface area contributed by atoms with Crippen molar-refractivity contribution in [2.45, 2.75) is 71.8 Å². The highest BCUT2D eigenvalue weighted by Crippen LogP contribution is 2.37. The summed E-state index contributed by atoms with van der Waals surface area (Å²) in [5, 5.41) is 28.9. The molecule has 1 saturated heterocycles. The third-order valence-electron chi connectivity index (χ3n) is 9.73. The first-order chi connectivity index (χ1) is 25.0. The normalized spacial score (nSPS) is 15.5. The van der Waals surface area contributed by atoms with Gasteiger partial charge < -0.3 is 35.1 Å². The second-order valence-electron chi connectivity index (χ2n) is 13.5. The summed E-state index contributed by atoms with van der Waals surface area (Å²) in [4.78, 5) is 17.8. The number of aliphatic hydroxyl groups excluding tert-OH is 1. The van der Waals surface area contributed by atoms with Crippen molar-refractivity contribution in [3.05, 3.63) is 105 Å². The summed E-state index contributed by atoms with van der Waals surface area (Å²) in [5.41, 5.74) is 13.1. The van der Waals surface area contributed by atoms with Crippen LogP contribution in [0.1, 0.15) is 59.6 Å². The van der Waals surface area contributed by atoms with Gasteiger partial charge in [-0.05, 0) is 97.0 Å². The summed E-state index contributed by atoms with van der Waals surface area (Å²) in [6.45, 7) is 9.57. The molecule has 11 heteroatoms. The predicted molar refractivity (Wildman–Crippen MR) is 201 cm³/mol. The zero-order valence-corrected chi connectivity index (χ0v) is 30.7. The number of hydrogen-bond acceptors (Lipinski definition) is 9. The van der Waals surface area contributed by atoms with Crippen LogP contribution in [0.15, 0.2) is 67.0 Å². The lowest BCUT2D eigenvalue weighted by atomic mass is 9.93. The minimum atomic E-state index is -1.04. The number of β-amino-alcohol motifs (C(OH)–C–C–N with tert-alkyl or cyclic N) is 1. The number of aliphatic carboxylic acids is 1. The monoisotopic (exact) mass is 726 g/mol. The quantitative estimate of drug-likeness (QED) is 0.0984. The van der Waals surface area contributed by atoms with Gasteiger partial charge in [0, 0.05) is 43.7 Å². The number of halogens is 1. The maximum atomic E-state index is 11.4. The Morgan fingerprint density at radius 1 is 1.02 bits per heavy atom. The number of nitriles is 1. The standard InChI is InChI=1S/C41H47ClN4O6/c1-26(40(44)41(48)49)11-12-31-18-36(42)39(19-38(31)51-24-30-17-29(20-43)21-45-22-30)52-25-32-7-4-8-34(27(32)2)35-9-5-10-37(28(35)3)50-16-6-14-46-15-13-33(47)23-46/h4-5,7-10,17-19,21-22,26,33,40,47H,6,11-16,23-25,44H2,1-3H3,(H,48,49)/t26?,33?,40-/m0/s1. The van der Waals surface area contributed by atoms with Crippen LogP contribution in [-0.4, -0.2) is 64.5 Å². The van der Waals surface area contributed by atoms with Crippen molar-refractivity contribution in [2.24, 2.45) is 11.7 Å². The lowest BCUT2D eigenvalue weighted by Gasteiger charge is -2.19. The van der Waals surface area contributed by atoms with Gasteiger partial charge in [-0.1, -0.05) is 48.9 Å². The van der Waals surface area contributed by atoms with Crippen molar-refractivity contribution in [3.63, 3.8) is 0 Å². The molecule has 0 bridgehead atoms. The van der Waals surface area contributed by atoms with E-state index in [1.165, 1.54) is 6.20 Å². The van der Waals surface area contributed by atoms with Crippen molar-refractivity contribution < 1.29 is 29.2 Å². The number of carbonyl (C=O) groups is 1. The van der Waals surface area contributed by atoms with Crippen LogP contribution in [0.4, 0.5) is 0 Å². The third-order valence-corrected chi connectivity index (χ3v) is 10.0. The Morgan fingerprint density at radius 3 is 2.50 bits per heavy atom. The number of carboxylic acid groups (broad SMARTS) is 1. The van der Waals surface area contributed by atoms with E-state index in [2.05, 4.69) is 41.9 Å². The highest BCUT2D eigenvalue weighted by atomic mass is 35.5. The molecule has 0 saturated carbocycles. The summed E-state index contributed by atoms with van der Waals surface area (Å²) in [6.07, 6.45) is 5.64. The fraction of sp³-hybridized carbons (Fsp3) is 0.390. The number of nitrogens with two attached hydrogens (primary N) is 1. The first kappa shape index (κ1) is 38.6. The topological polar surface area (TPSA) is 151 Å². The molecule has 4 aromatic rings. The van der Waals surface area contributed by atoms with Gasteiger partial charge in [0.15, 0.2) is 0 Å². The van der Waals surface area contributed by atoms with Crippen LogP contribution in [-0.2, 0) is 24.4 Å². The zero-order valence-electron chi connectivity index (χ0n) is 30.0. The number of nitrogens with zero attached hydrogens (tertiary/aromatic N) is 3. The number of benzene rings is 3. The maximum Gasteiger partial charge on any atom is 0.320 e. The highest BCUT2D eigenvalue weighted by Gasteiger charge is 2.22. The molecule has 2 unspecified atom stereocenters. The SMILES string of the molecule is Cc1c(COc2cc(OCc3cncc(C#N)c3)c(CCC(C)[C@H](N)C(=O)O)cc2Cl)cccc1-c1cccc(OCCCN2CCC(O)C2)c1C. The van der Waals surface area contributed by atoms with Crippen LogP contribution < -0.4 is 19.9 Å². The molecule has 4 N–H and O–H groups in total. The van der Waals surface area contributed by atoms with E-state index in [1.54, 1.807) is 24.4 Å². The van der Waals surface area contributed by atoms with E-state index in [4.69, 9.17) is 31.5 Å². The lowest BCUT2D eigenvalue weighted by Crippen LogP contribution is -2.36. The number of likely N-dealkylation sites (tertiary alicyclic amines) is 1. The van der Waals surface area contributed by atoms with E-state index in [9.17, 15) is 20.3 Å². The van der Waals surface area contributed by atoms with Gasteiger partial charge in [-0.25, -0.2) is 0 Å². The number of aromatic nitrogens is 1. The number of aliphatic hydroxyl groups is 1. The fourth-order valence-electron chi connectivity index (χ4n) is 6.45. The molecule has 1 aromatic heterocycles. The van der Waals surface area contributed by atoms with Gasteiger partial charge >= 0.3 is 5.97 Å². The Labute approximate surface area is 310 Å². The molecule has 3 aromatic carbocycles. The molecule has 0 amide bonds. The number of hydrogen-bond donors (Lipinski definition) is 3. The molecule has 52 heavy (non-hydrogen) atoms. The zero-order chi connectivity index (χ0) is 37.2. The Bertz CT molecular complexity index is 1900. The van der Waals surface area contributed by atoms with Crippen molar-refractivity contribution in [2.75, 3.05) is 26.2 Å². The maximum absolute atomic E-state index is 11.4. The summed E-state index contributed by atoms with van der Waals surface area (Å²) in [7, 11) is 0. The average molecular weight is 727 g/mol. The number of carboxylic acids is 1. The van der Waals surface area contributed by atoms with Crippen LogP contribution in [0.3, 0.4) is 0 Å². The number of rotatable bonds is 17. The van der Waals surface area contributed by atoms with E-state index in [1.807, 2.05) is 31.2 Å². The summed E-state index contributed by atoms with van der Waals surface area (Å²) >= 11 is 6.78. The second-order valence-corrected chi connectivity index (χ2v) is 13.9. The molecule has 10 nitrogen and oxygen atoms in total. The summed E-state index contributed by atoms with van der Waals surface area (Å²) < 4.78 is 18.8. The summed E-state index contributed by atoms with van der Waals surface area (Å²) in [5.74, 6) is 0.512. The van der Waals surface area contributed by atoms with Gasteiger partial charge in [-0.15, -0.1) is 0 Å². The molecule has 1 aliphatic heterocycles. The van der Waals surface area contributed by atoms with E-state index in [0.717, 1.165) is 77.2 Å². The molecular formula is C41H47ClN4O6. The molecule has 3 atom stereocenters. The van der Waals surface area contributed by atoms with Crippen molar-refractivity contribution in [1.82, 2.24) is 9.88 Å². The first-order valence-corrected chi connectivity index (χ1v) is 18.0. The van der Waals surface area contributed by atoms with Crippen LogP contribution in [0.2, 0.25) is 5.02 Å². The van der Waals surface area contributed by atoms with E-state index >= 15 is 0 Å². The van der Waals surface area contributed by atoms with Crippen LogP contribution in [0, 0.1) is 31.1 Å². The Morgan fingerprint density at radius 2 is 1.77 bits per heavy atom. The molecule has 1 aliphatic rings. The van der Waals surface area contributed by atoms with Crippen molar-refractivity contribution in [1.29, 1.82) is 5.26 Å². The van der Waals surface area contributed by atoms with Gasteiger partial charge in [0.1, 0.15) is 42.6 Å². The van der Waals surface area contributed by atoms with Crippen LogP contribution in [0.5, 0.6) is 17.2 Å². The molecule has 5 rings (SSSR count). The van der Waals surface area contributed by atoms with Gasteiger partial charge in [-0.3, -0.25) is 9.78 Å². The Hall–Kier alpha value is -4.66. The molecule has 2 heterocycles. The fourth-order valence-corrected chi connectivity index (χ4v) is 6.69. The van der Waals surface area contributed by atoms with Crippen LogP contribution in [0.25, 0.3) is 11.1 Å². The Kier molecular flexibility index (Phi) is 13.5. The second kappa shape index (κ2) is 18.2. The van der Waals surface area contributed by atoms with E-state index < -0.39 is 12.0 Å². The van der Waals surface area contributed by atoms with Crippen molar-refractivity contribution in [3.8, 4) is 34.4 Å². The minimum Gasteiger partial charge on any atom is -0.493 e. The molecule has 0 aliphatic carbocycles. The highest BCUT2D eigenvalue weighted by molar-refractivity contribution is 6.32. The van der Waals surface area contributed by atoms with Gasteiger partial charge in [-0.2, -0.15) is 5.26 Å². The summed E-state index contributed by atoms with van der Waals surface area (Å²) in [6, 6.07) is 18.7. The molecule has 0 spiro atoms. The number of ether oxygens (including phenoxy) is 3. The molecule has 1 fully saturated rings. The lowest BCUT2D eigenvalue weighted by molar-refractivity contribution is -0.139. The minimum absolute atomic E-state index is 0.159. The Balaban J connectivity index is 1.30. The van der Waals surface area contributed by atoms with E-state index in [0.29, 0.717) is 41.5 Å². The van der Waals surface area contributed by atoms with E-state index in [-0.39, 0.29) is 25.2 Å². The number of pyridine rings is 1. The molecule has 274 valence electrons. The van der Waals surface area contributed by atoms with Gasteiger partial charge in [0.05, 0.1) is 23.3 Å². The smallest absolute Gasteiger partial charge is 0.320 e. The first-order valence-electron chi connectivity index (χ1n) is 17.7. The van der Waals surface area contributed by atoms with Gasteiger partial charge in [0.2, 0.25) is 0 Å². The van der Waals surface area contributed by atoms with Crippen molar-refractivity contribution >= 4 is 17.6 Å². The average Bonchev–Trinajstić information content (AvgIpc) is 3.56. The van der Waals surface area contributed by atoms with Crippen LogP contribution >= 0.6 is 11.6 Å². The molecular weight excluding hydrogens is 680 g/mol. The largest absolute Gasteiger partial charge is 0.493 e. The molecule has 0 radical (unpaired) electrons. The number of aryl methyl sites for hydroxylation is 1. The third kappa shape index (κ3) is 10.0.